The number of hydrogen-bond donors (Lipinski definition) is 4. The van der Waals surface area contributed by atoms with Gasteiger partial charge in [-0.2, -0.15) is 0 Å². The van der Waals surface area contributed by atoms with Gasteiger partial charge in [0.15, 0.2) is 0 Å². The summed E-state index contributed by atoms with van der Waals surface area (Å²) in [6, 6.07) is 0. The highest BCUT2D eigenvalue weighted by atomic mass is 16.5. The molecule has 0 aliphatic carbocycles. The predicted octanol–water partition coefficient (Wildman–Crippen LogP) is -2.01. The molecule has 0 aromatic carbocycles. The van der Waals surface area contributed by atoms with E-state index in [1.54, 1.807) is 0 Å². The Labute approximate surface area is 65.9 Å². The van der Waals surface area contributed by atoms with E-state index in [0.29, 0.717) is 13.0 Å². The molecule has 68 valence electrons. The van der Waals surface area contributed by atoms with E-state index in [0.717, 1.165) is 0 Å². The summed E-state index contributed by atoms with van der Waals surface area (Å²) in [5.74, 6) is 0. The maximum Gasteiger partial charge on any atom is 0.106 e. The molecule has 0 heterocycles. The number of ether oxygens (including phenoxy) is 1. The van der Waals surface area contributed by atoms with Crippen LogP contribution in [0.25, 0.3) is 0 Å². The van der Waals surface area contributed by atoms with Crippen LogP contribution >= 0.6 is 0 Å². The molecule has 5 heteroatoms. The van der Waals surface area contributed by atoms with Crippen molar-refractivity contribution >= 4 is 0 Å². The molecular weight excluding hydrogens is 148 g/mol. The highest BCUT2D eigenvalue weighted by molar-refractivity contribution is 4.53. The molecule has 5 nitrogen and oxygen atoms in total. The van der Waals surface area contributed by atoms with E-state index in [2.05, 4.69) is 0 Å². The maximum atomic E-state index is 8.81. The van der Waals surface area contributed by atoms with Crippen molar-refractivity contribution < 1.29 is 14.9 Å². The van der Waals surface area contributed by atoms with E-state index in [4.69, 9.17) is 26.4 Å². The van der Waals surface area contributed by atoms with Crippen LogP contribution in [0.15, 0.2) is 0 Å². The van der Waals surface area contributed by atoms with Crippen LogP contribution in [0.3, 0.4) is 0 Å². The fourth-order valence-electron chi connectivity index (χ4n) is 0.535. The van der Waals surface area contributed by atoms with E-state index in [1.165, 1.54) is 0 Å². The molecule has 0 radical (unpaired) electrons. The smallest absolute Gasteiger partial charge is 0.106 e. The normalized spacial score (nSPS) is 16.4. The SMILES string of the molecule is NCCC(N)OCC(O)CO. The highest BCUT2D eigenvalue weighted by Crippen LogP contribution is 1.90. The van der Waals surface area contributed by atoms with Crippen LogP contribution in [-0.4, -0.2) is 42.3 Å². The van der Waals surface area contributed by atoms with Gasteiger partial charge in [-0.15, -0.1) is 0 Å². The van der Waals surface area contributed by atoms with Crippen LogP contribution in [-0.2, 0) is 4.74 Å². The highest BCUT2D eigenvalue weighted by Gasteiger charge is 2.05. The molecular formula is C6H16N2O3. The molecule has 0 bridgehead atoms. The number of aliphatic hydroxyl groups excluding tert-OH is 2. The van der Waals surface area contributed by atoms with E-state index in [1.807, 2.05) is 0 Å². The van der Waals surface area contributed by atoms with Crippen LogP contribution in [0.1, 0.15) is 6.42 Å². The molecule has 0 saturated heterocycles. The largest absolute Gasteiger partial charge is 0.394 e. The molecule has 2 atom stereocenters. The van der Waals surface area contributed by atoms with Crippen LogP contribution < -0.4 is 11.5 Å². The van der Waals surface area contributed by atoms with Crippen molar-refractivity contribution in [2.24, 2.45) is 11.5 Å². The third kappa shape index (κ3) is 6.21. The predicted molar refractivity (Wildman–Crippen MR) is 40.7 cm³/mol. The average molecular weight is 164 g/mol. The van der Waals surface area contributed by atoms with Crippen molar-refractivity contribution in [1.82, 2.24) is 0 Å². The molecule has 6 N–H and O–H groups in total. The molecule has 0 aromatic heterocycles. The van der Waals surface area contributed by atoms with Gasteiger partial charge in [-0.05, 0) is 13.0 Å². The second-order valence-corrected chi connectivity index (χ2v) is 2.29. The first kappa shape index (κ1) is 10.8. The van der Waals surface area contributed by atoms with Gasteiger partial charge in [0.05, 0.1) is 13.2 Å². The van der Waals surface area contributed by atoms with Crippen LogP contribution in [0.4, 0.5) is 0 Å². The Balaban J connectivity index is 3.22. The Morgan fingerprint density at radius 2 is 2.09 bits per heavy atom. The Morgan fingerprint density at radius 1 is 1.45 bits per heavy atom. The van der Waals surface area contributed by atoms with E-state index < -0.39 is 12.3 Å². The van der Waals surface area contributed by atoms with Crippen molar-refractivity contribution in [3.8, 4) is 0 Å². The van der Waals surface area contributed by atoms with Gasteiger partial charge in [0.2, 0.25) is 0 Å². The summed E-state index contributed by atoms with van der Waals surface area (Å²) in [4.78, 5) is 0. The molecule has 0 aromatic rings. The Hall–Kier alpha value is -0.200. The minimum Gasteiger partial charge on any atom is -0.394 e. The standard InChI is InChI=1S/C6H16N2O3/c7-2-1-6(8)11-4-5(10)3-9/h5-6,9-10H,1-4,7-8H2. The summed E-state index contributed by atoms with van der Waals surface area (Å²) >= 11 is 0. The van der Waals surface area contributed by atoms with Gasteiger partial charge >= 0.3 is 0 Å². The second-order valence-electron chi connectivity index (χ2n) is 2.29. The molecule has 0 aliphatic rings. The maximum absolute atomic E-state index is 8.81. The topological polar surface area (TPSA) is 102 Å². The molecule has 0 aliphatic heterocycles. The summed E-state index contributed by atoms with van der Waals surface area (Å²) in [5.41, 5.74) is 10.6. The summed E-state index contributed by atoms with van der Waals surface area (Å²) in [7, 11) is 0. The lowest BCUT2D eigenvalue weighted by molar-refractivity contribution is -0.0280. The summed E-state index contributed by atoms with van der Waals surface area (Å²) in [6.45, 7) is 0.198. The quantitative estimate of drug-likeness (QED) is 0.340. The molecule has 2 unspecified atom stereocenters. The van der Waals surface area contributed by atoms with Gasteiger partial charge in [0, 0.05) is 0 Å². The molecule has 0 rings (SSSR count). The fraction of sp³-hybridized carbons (Fsp3) is 1.00. The zero-order chi connectivity index (χ0) is 8.69. The minimum atomic E-state index is -0.848. The van der Waals surface area contributed by atoms with Crippen molar-refractivity contribution in [2.75, 3.05) is 19.8 Å². The number of hydrogen-bond acceptors (Lipinski definition) is 5. The first-order chi connectivity index (χ1) is 5.20. The monoisotopic (exact) mass is 164 g/mol. The third-order valence-electron chi connectivity index (χ3n) is 1.16. The molecule has 0 amide bonds. The lowest BCUT2D eigenvalue weighted by Crippen LogP contribution is -2.31. The van der Waals surface area contributed by atoms with E-state index >= 15 is 0 Å². The number of aliphatic hydroxyl groups is 2. The van der Waals surface area contributed by atoms with Gasteiger partial charge in [-0.25, -0.2) is 0 Å². The Kier molecular flexibility index (Phi) is 6.39. The summed E-state index contributed by atoms with van der Waals surface area (Å²) in [6.07, 6.45) is -0.738. The Bertz CT molecular complexity index is 91.9. The fourth-order valence-corrected chi connectivity index (χ4v) is 0.535. The van der Waals surface area contributed by atoms with Crippen LogP contribution in [0.5, 0.6) is 0 Å². The van der Waals surface area contributed by atoms with Gasteiger partial charge < -0.3 is 26.4 Å². The van der Waals surface area contributed by atoms with Crippen LogP contribution in [0, 0.1) is 0 Å². The molecule has 0 spiro atoms. The first-order valence-corrected chi connectivity index (χ1v) is 3.57. The van der Waals surface area contributed by atoms with Crippen molar-refractivity contribution in [3.63, 3.8) is 0 Å². The number of nitrogens with two attached hydrogens (primary N) is 2. The Morgan fingerprint density at radius 3 is 2.55 bits per heavy atom. The van der Waals surface area contributed by atoms with E-state index in [9.17, 15) is 0 Å². The zero-order valence-electron chi connectivity index (χ0n) is 6.44. The van der Waals surface area contributed by atoms with E-state index in [-0.39, 0.29) is 13.2 Å². The minimum absolute atomic E-state index is 0.0532. The van der Waals surface area contributed by atoms with Gasteiger partial charge in [-0.3, -0.25) is 0 Å². The van der Waals surface area contributed by atoms with Crippen molar-refractivity contribution in [1.29, 1.82) is 0 Å². The number of rotatable bonds is 6. The lowest BCUT2D eigenvalue weighted by atomic mass is 10.4. The van der Waals surface area contributed by atoms with Gasteiger partial charge in [-0.1, -0.05) is 0 Å². The summed E-state index contributed by atoms with van der Waals surface area (Å²) in [5, 5.41) is 17.2. The molecule has 11 heavy (non-hydrogen) atoms. The van der Waals surface area contributed by atoms with Gasteiger partial charge in [0.1, 0.15) is 12.3 Å². The summed E-state index contributed by atoms with van der Waals surface area (Å²) < 4.78 is 4.92. The molecule has 0 saturated carbocycles. The lowest BCUT2D eigenvalue weighted by Gasteiger charge is -2.13. The first-order valence-electron chi connectivity index (χ1n) is 3.57. The van der Waals surface area contributed by atoms with Crippen molar-refractivity contribution in [3.05, 3.63) is 0 Å². The second kappa shape index (κ2) is 6.51. The zero-order valence-corrected chi connectivity index (χ0v) is 6.44. The van der Waals surface area contributed by atoms with Crippen molar-refractivity contribution in [2.45, 2.75) is 18.8 Å². The van der Waals surface area contributed by atoms with Gasteiger partial charge in [0.25, 0.3) is 0 Å². The molecule has 0 fully saturated rings. The van der Waals surface area contributed by atoms with Crippen LogP contribution in [0.2, 0.25) is 0 Å². The average Bonchev–Trinajstić information content (AvgIpc) is 2.01. The third-order valence-corrected chi connectivity index (χ3v) is 1.16.